The first-order chi connectivity index (χ1) is 9.38. The van der Waals surface area contributed by atoms with E-state index in [-0.39, 0.29) is 26.3 Å². The Morgan fingerprint density at radius 3 is 2.30 bits per heavy atom. The number of benzene rings is 2. The summed E-state index contributed by atoms with van der Waals surface area (Å²) in [6.07, 6.45) is 0. The van der Waals surface area contributed by atoms with Crippen molar-refractivity contribution in [3.8, 4) is 0 Å². The van der Waals surface area contributed by atoms with Crippen molar-refractivity contribution in [2.75, 3.05) is 11.1 Å². The lowest BCUT2D eigenvalue weighted by atomic mass is 10.2. The van der Waals surface area contributed by atoms with E-state index in [1.165, 1.54) is 24.3 Å². The average Bonchev–Trinajstić information content (AvgIpc) is 2.38. The van der Waals surface area contributed by atoms with Crippen molar-refractivity contribution in [2.45, 2.75) is 0 Å². The topological polar surface area (TPSA) is 55.1 Å². The monoisotopic (exact) mass is 332 g/mol. The Morgan fingerprint density at radius 2 is 1.70 bits per heavy atom. The molecule has 1 amide bonds. The first-order valence-corrected chi connectivity index (χ1v) is 6.53. The quantitative estimate of drug-likeness (QED) is 0.788. The standard InChI is InChI=1S/C13H8Cl3FN2O/c14-6-1-2-11(17)8(3-6)13(20)19-7-4-9(15)12(18)10(16)5-7/h1-5H,18H2,(H,19,20). The number of nitrogen functional groups attached to an aromatic ring is 1. The second-order valence-corrected chi connectivity index (χ2v) is 5.18. The Bertz CT molecular complexity index is 668. The van der Waals surface area contributed by atoms with Crippen molar-refractivity contribution >= 4 is 52.1 Å². The molecular weight excluding hydrogens is 326 g/mol. The molecule has 0 saturated heterocycles. The van der Waals surface area contributed by atoms with Crippen molar-refractivity contribution < 1.29 is 9.18 Å². The van der Waals surface area contributed by atoms with Crippen molar-refractivity contribution in [3.05, 3.63) is 56.8 Å². The molecule has 0 aliphatic heterocycles. The van der Waals surface area contributed by atoms with E-state index in [2.05, 4.69) is 5.32 Å². The number of amides is 1. The van der Waals surface area contributed by atoms with Crippen molar-refractivity contribution in [1.29, 1.82) is 0 Å². The maximum atomic E-state index is 13.6. The van der Waals surface area contributed by atoms with Crippen LogP contribution < -0.4 is 11.1 Å². The number of rotatable bonds is 2. The smallest absolute Gasteiger partial charge is 0.258 e. The number of carbonyl (C=O) groups is 1. The molecule has 0 fully saturated rings. The van der Waals surface area contributed by atoms with Crippen molar-refractivity contribution in [1.82, 2.24) is 0 Å². The third-order valence-electron chi connectivity index (χ3n) is 2.51. The van der Waals surface area contributed by atoms with Crippen LogP contribution in [-0.4, -0.2) is 5.91 Å². The lowest BCUT2D eigenvalue weighted by Crippen LogP contribution is -2.14. The van der Waals surface area contributed by atoms with Crippen LogP contribution in [0.25, 0.3) is 0 Å². The van der Waals surface area contributed by atoms with Gasteiger partial charge in [-0.05, 0) is 30.3 Å². The molecule has 3 nitrogen and oxygen atoms in total. The van der Waals surface area contributed by atoms with Gasteiger partial charge in [-0.1, -0.05) is 34.8 Å². The van der Waals surface area contributed by atoms with Gasteiger partial charge in [-0.2, -0.15) is 0 Å². The maximum Gasteiger partial charge on any atom is 0.258 e. The van der Waals surface area contributed by atoms with Gasteiger partial charge in [-0.15, -0.1) is 0 Å². The molecule has 0 spiro atoms. The van der Waals surface area contributed by atoms with Crippen LogP contribution in [0.4, 0.5) is 15.8 Å². The highest BCUT2D eigenvalue weighted by atomic mass is 35.5. The number of carbonyl (C=O) groups excluding carboxylic acids is 1. The van der Waals surface area contributed by atoms with E-state index < -0.39 is 11.7 Å². The summed E-state index contributed by atoms with van der Waals surface area (Å²) in [7, 11) is 0. The Kier molecular flexibility index (Phi) is 4.38. The van der Waals surface area contributed by atoms with E-state index >= 15 is 0 Å². The fourth-order valence-electron chi connectivity index (χ4n) is 1.53. The van der Waals surface area contributed by atoms with E-state index in [9.17, 15) is 9.18 Å². The molecule has 0 heterocycles. The second-order valence-electron chi connectivity index (χ2n) is 3.93. The zero-order chi connectivity index (χ0) is 14.9. The minimum absolute atomic E-state index is 0.179. The van der Waals surface area contributed by atoms with Crippen LogP contribution >= 0.6 is 34.8 Å². The largest absolute Gasteiger partial charge is 0.396 e. The maximum absolute atomic E-state index is 13.6. The number of nitrogens with two attached hydrogens (primary N) is 1. The number of halogens is 4. The summed E-state index contributed by atoms with van der Waals surface area (Å²) in [5, 5.41) is 3.12. The van der Waals surface area contributed by atoms with Gasteiger partial charge in [-0.3, -0.25) is 4.79 Å². The highest BCUT2D eigenvalue weighted by molar-refractivity contribution is 6.39. The molecule has 2 aromatic carbocycles. The van der Waals surface area contributed by atoms with Gasteiger partial charge in [0.25, 0.3) is 5.91 Å². The normalized spacial score (nSPS) is 10.4. The van der Waals surface area contributed by atoms with Gasteiger partial charge >= 0.3 is 0 Å². The van der Waals surface area contributed by atoms with Crippen LogP contribution in [0, 0.1) is 5.82 Å². The van der Waals surface area contributed by atoms with Gasteiger partial charge < -0.3 is 11.1 Å². The molecule has 0 saturated carbocycles. The number of anilines is 2. The molecule has 2 rings (SSSR count). The van der Waals surface area contributed by atoms with Gasteiger partial charge in [0.2, 0.25) is 0 Å². The fourth-order valence-corrected chi connectivity index (χ4v) is 2.19. The molecule has 104 valence electrons. The zero-order valence-corrected chi connectivity index (χ0v) is 12.2. The summed E-state index contributed by atoms with van der Waals surface area (Å²) in [4.78, 5) is 12.0. The third-order valence-corrected chi connectivity index (χ3v) is 3.37. The van der Waals surface area contributed by atoms with Gasteiger partial charge in [0.05, 0.1) is 21.3 Å². The lowest BCUT2D eigenvalue weighted by molar-refractivity contribution is 0.102. The average molecular weight is 334 g/mol. The predicted molar refractivity (Wildman–Crippen MR) is 80.2 cm³/mol. The molecular formula is C13H8Cl3FN2O. The molecule has 0 atom stereocenters. The fraction of sp³-hybridized carbons (Fsp3) is 0. The highest BCUT2D eigenvalue weighted by Crippen LogP contribution is 2.31. The summed E-state index contributed by atoms with van der Waals surface area (Å²) >= 11 is 17.4. The molecule has 0 aromatic heterocycles. The molecule has 3 N–H and O–H groups in total. The van der Waals surface area contributed by atoms with Crippen LogP contribution in [0.3, 0.4) is 0 Å². The first-order valence-electron chi connectivity index (χ1n) is 5.39. The zero-order valence-electron chi connectivity index (χ0n) is 9.88. The number of nitrogens with one attached hydrogen (secondary N) is 1. The summed E-state index contributed by atoms with van der Waals surface area (Å²) in [5.41, 5.74) is 5.92. The number of hydrogen-bond donors (Lipinski definition) is 2. The highest BCUT2D eigenvalue weighted by Gasteiger charge is 2.14. The molecule has 0 radical (unpaired) electrons. The van der Waals surface area contributed by atoms with Crippen LogP contribution in [0.15, 0.2) is 30.3 Å². The Balaban J connectivity index is 2.30. The first kappa shape index (κ1) is 14.9. The van der Waals surface area contributed by atoms with Crippen LogP contribution in [0.1, 0.15) is 10.4 Å². The van der Waals surface area contributed by atoms with Gasteiger partial charge in [-0.25, -0.2) is 4.39 Å². The van der Waals surface area contributed by atoms with Crippen molar-refractivity contribution in [2.24, 2.45) is 0 Å². The molecule has 7 heteroatoms. The van der Waals surface area contributed by atoms with Crippen LogP contribution in [-0.2, 0) is 0 Å². The predicted octanol–water partition coefficient (Wildman–Crippen LogP) is 4.62. The third kappa shape index (κ3) is 3.15. The molecule has 0 aliphatic rings. The van der Waals surface area contributed by atoms with Crippen molar-refractivity contribution in [3.63, 3.8) is 0 Å². The van der Waals surface area contributed by atoms with Crippen LogP contribution in [0.2, 0.25) is 15.1 Å². The molecule has 20 heavy (non-hydrogen) atoms. The summed E-state index contributed by atoms with van der Waals surface area (Å²) < 4.78 is 13.6. The SMILES string of the molecule is Nc1c(Cl)cc(NC(=O)c2cc(Cl)ccc2F)cc1Cl. The number of hydrogen-bond acceptors (Lipinski definition) is 2. The van der Waals surface area contributed by atoms with E-state index in [0.29, 0.717) is 5.69 Å². The Morgan fingerprint density at radius 1 is 1.10 bits per heavy atom. The molecule has 0 unspecified atom stereocenters. The van der Waals surface area contributed by atoms with Crippen LogP contribution in [0.5, 0.6) is 0 Å². The summed E-state index contributed by atoms with van der Waals surface area (Å²) in [6.45, 7) is 0. The summed E-state index contributed by atoms with van der Waals surface area (Å²) in [6, 6.07) is 6.53. The summed E-state index contributed by atoms with van der Waals surface area (Å²) in [5.74, 6) is -1.35. The molecule has 0 bridgehead atoms. The second kappa shape index (κ2) is 5.87. The van der Waals surface area contributed by atoms with E-state index in [0.717, 1.165) is 6.07 Å². The minimum atomic E-state index is -0.681. The van der Waals surface area contributed by atoms with E-state index in [4.69, 9.17) is 40.5 Å². The van der Waals surface area contributed by atoms with Gasteiger partial charge in [0, 0.05) is 10.7 Å². The molecule has 2 aromatic rings. The van der Waals surface area contributed by atoms with E-state index in [1.54, 1.807) is 0 Å². The van der Waals surface area contributed by atoms with Gasteiger partial charge in [0.15, 0.2) is 0 Å². The lowest BCUT2D eigenvalue weighted by Gasteiger charge is -2.09. The Labute approximate surface area is 129 Å². The van der Waals surface area contributed by atoms with Gasteiger partial charge in [0.1, 0.15) is 5.82 Å². The molecule has 0 aliphatic carbocycles. The minimum Gasteiger partial charge on any atom is -0.396 e. The van der Waals surface area contributed by atoms with E-state index in [1.807, 2.05) is 0 Å². The Hall–Kier alpha value is -1.49.